The van der Waals surface area contributed by atoms with Crippen LogP contribution in [0.3, 0.4) is 0 Å². The molecule has 0 saturated heterocycles. The Balaban J connectivity index is 1.04. The van der Waals surface area contributed by atoms with Gasteiger partial charge in [-0.1, -0.05) is 91.0 Å². The van der Waals surface area contributed by atoms with Gasteiger partial charge in [0.1, 0.15) is 12.4 Å². The summed E-state index contributed by atoms with van der Waals surface area (Å²) in [4.78, 5) is 34.2. The molecule has 0 spiro atoms. The van der Waals surface area contributed by atoms with E-state index in [1.165, 1.54) is 22.7 Å². The number of ether oxygens (including phenoxy) is 1. The molecule has 6 aromatic rings. The first-order valence-corrected chi connectivity index (χ1v) is 17.4. The minimum atomic E-state index is -0.568. The average Bonchev–Trinajstić information content (AvgIpc) is 3.51. The molecule has 9 heteroatoms. The Bertz CT molecular complexity index is 2090. The summed E-state index contributed by atoms with van der Waals surface area (Å²) in [5, 5.41) is 12.9. The highest BCUT2D eigenvalue weighted by molar-refractivity contribution is 5.90. The number of para-hydroxylation sites is 1. The van der Waals surface area contributed by atoms with Gasteiger partial charge in [-0.25, -0.2) is 5.48 Å². The number of carbonyl (C=O) groups excluding carboxylic acids is 2. The number of aromatic nitrogens is 2. The molecular formula is C43H43N5O4. The number of amides is 2. The van der Waals surface area contributed by atoms with Crippen molar-refractivity contribution in [1.29, 1.82) is 0 Å². The van der Waals surface area contributed by atoms with E-state index < -0.39 is 5.91 Å². The Labute approximate surface area is 304 Å². The van der Waals surface area contributed by atoms with Gasteiger partial charge in [-0.05, 0) is 71.5 Å². The zero-order chi connectivity index (χ0) is 36.1. The maximum Gasteiger partial charge on any atom is 0.267 e. The van der Waals surface area contributed by atoms with Crippen LogP contribution in [0.4, 0.5) is 0 Å². The predicted molar refractivity (Wildman–Crippen MR) is 205 cm³/mol. The molecule has 0 fully saturated rings. The first-order chi connectivity index (χ1) is 25.4. The Hall–Kier alpha value is -6.03. The lowest BCUT2D eigenvalue weighted by atomic mass is 10.1. The van der Waals surface area contributed by atoms with E-state index in [4.69, 9.17) is 9.94 Å². The summed E-state index contributed by atoms with van der Waals surface area (Å²) in [5.41, 5.74) is 11.1. The van der Waals surface area contributed by atoms with Crippen molar-refractivity contribution in [2.75, 3.05) is 19.7 Å². The van der Waals surface area contributed by atoms with E-state index in [0.29, 0.717) is 13.2 Å². The summed E-state index contributed by atoms with van der Waals surface area (Å²) in [6.07, 6.45) is 5.88. The van der Waals surface area contributed by atoms with Crippen LogP contribution < -0.4 is 15.5 Å². The molecule has 9 nitrogen and oxygen atoms in total. The topological polar surface area (TPSA) is 120 Å². The van der Waals surface area contributed by atoms with Crippen molar-refractivity contribution in [1.82, 2.24) is 25.7 Å². The van der Waals surface area contributed by atoms with Gasteiger partial charge in [0, 0.05) is 66.3 Å². The van der Waals surface area contributed by atoms with Crippen molar-refractivity contribution in [3.8, 4) is 16.9 Å². The number of fused-ring (bicyclic) bond motifs is 1. The summed E-state index contributed by atoms with van der Waals surface area (Å²) in [6.45, 7) is 5.46. The zero-order valence-corrected chi connectivity index (χ0v) is 29.2. The molecule has 2 heterocycles. The summed E-state index contributed by atoms with van der Waals surface area (Å²) in [6, 6.07) is 38.2. The van der Waals surface area contributed by atoms with Crippen LogP contribution in [0.5, 0.6) is 5.75 Å². The number of rotatable bonds is 16. The van der Waals surface area contributed by atoms with E-state index in [1.807, 2.05) is 78.9 Å². The third kappa shape index (κ3) is 10.0. The molecule has 0 radical (unpaired) electrons. The average molecular weight is 694 g/mol. The lowest BCUT2D eigenvalue weighted by Gasteiger charge is -2.23. The standard InChI is InChI=1S/C43H43N5O4/c1-31-39(40-9-5-6-10-41(40)46-31)23-24-48(30-34-13-11-32(12-14-34)15-22-42(49)47-51)25-26-52-38-20-17-35(18-21-38)36-16-19-37(44-29-36)27-43(50)45-28-33-7-3-2-4-8-33/h2-22,29,46,51H,23-28,30H2,1H3,(H,45,50)(H,47,49)/b22-15+. The van der Waals surface area contributed by atoms with Crippen LogP contribution in [0, 0.1) is 6.92 Å². The molecule has 0 aliphatic heterocycles. The van der Waals surface area contributed by atoms with Crippen LogP contribution in [-0.4, -0.2) is 51.6 Å². The van der Waals surface area contributed by atoms with Crippen molar-refractivity contribution in [2.24, 2.45) is 0 Å². The van der Waals surface area contributed by atoms with Gasteiger partial charge in [0.25, 0.3) is 5.91 Å². The highest BCUT2D eigenvalue weighted by atomic mass is 16.5. The molecule has 4 aromatic carbocycles. The van der Waals surface area contributed by atoms with E-state index >= 15 is 0 Å². The lowest BCUT2D eigenvalue weighted by Crippen LogP contribution is -2.30. The number of nitrogens with zero attached hydrogens (tertiary/aromatic N) is 2. The molecule has 264 valence electrons. The highest BCUT2D eigenvalue weighted by Gasteiger charge is 2.13. The molecule has 0 aliphatic rings. The van der Waals surface area contributed by atoms with Crippen LogP contribution in [0.15, 0.2) is 128 Å². The van der Waals surface area contributed by atoms with Gasteiger partial charge in [0.2, 0.25) is 5.91 Å². The number of nitrogens with one attached hydrogen (secondary N) is 3. The number of benzene rings is 4. The predicted octanol–water partition coefficient (Wildman–Crippen LogP) is 7.04. The van der Waals surface area contributed by atoms with Crippen molar-refractivity contribution in [2.45, 2.75) is 32.9 Å². The molecule has 2 amide bonds. The number of hydrogen-bond acceptors (Lipinski definition) is 6. The third-order valence-corrected chi connectivity index (χ3v) is 8.99. The molecule has 0 unspecified atom stereocenters. The van der Waals surface area contributed by atoms with Gasteiger partial charge in [0.05, 0.1) is 6.42 Å². The van der Waals surface area contributed by atoms with Crippen LogP contribution in [0.25, 0.3) is 28.1 Å². The number of hydroxylamine groups is 1. The molecule has 0 atom stereocenters. The molecule has 2 aromatic heterocycles. The van der Waals surface area contributed by atoms with Crippen LogP contribution in [0.1, 0.15) is 33.6 Å². The Morgan fingerprint density at radius 1 is 0.846 bits per heavy atom. The fourth-order valence-electron chi connectivity index (χ4n) is 6.16. The van der Waals surface area contributed by atoms with Crippen LogP contribution in [-0.2, 0) is 35.5 Å². The van der Waals surface area contributed by atoms with E-state index in [9.17, 15) is 9.59 Å². The number of carbonyl (C=O) groups is 2. The van der Waals surface area contributed by atoms with Crippen molar-refractivity contribution >= 4 is 28.8 Å². The second-order valence-electron chi connectivity index (χ2n) is 12.7. The smallest absolute Gasteiger partial charge is 0.267 e. The number of aromatic amines is 1. The summed E-state index contributed by atoms with van der Waals surface area (Å²) in [5.74, 6) is 0.162. The minimum Gasteiger partial charge on any atom is -0.492 e. The molecule has 0 aliphatic carbocycles. The van der Waals surface area contributed by atoms with E-state index in [2.05, 4.69) is 63.5 Å². The SMILES string of the molecule is Cc1[nH]c2ccccc2c1CCN(CCOc1ccc(-c2ccc(CC(=O)NCc3ccccc3)nc2)cc1)Cc1ccc(/C=C/C(=O)NO)cc1. The largest absolute Gasteiger partial charge is 0.492 e. The fourth-order valence-corrected chi connectivity index (χ4v) is 6.16. The van der Waals surface area contributed by atoms with Gasteiger partial charge in [-0.2, -0.15) is 0 Å². The maximum absolute atomic E-state index is 12.4. The maximum atomic E-state index is 12.4. The van der Waals surface area contributed by atoms with E-state index in [-0.39, 0.29) is 12.3 Å². The molecule has 4 N–H and O–H groups in total. The van der Waals surface area contributed by atoms with Crippen molar-refractivity contribution < 1.29 is 19.5 Å². The molecule has 0 bridgehead atoms. The molecule has 0 saturated carbocycles. The number of aryl methyl sites for hydroxylation is 1. The second-order valence-corrected chi connectivity index (χ2v) is 12.7. The molecule has 6 rings (SSSR count). The quantitative estimate of drug-likeness (QED) is 0.0491. The Morgan fingerprint density at radius 2 is 1.60 bits per heavy atom. The summed E-state index contributed by atoms with van der Waals surface area (Å²) < 4.78 is 6.22. The fraction of sp³-hybridized carbons (Fsp3) is 0.186. The van der Waals surface area contributed by atoms with Gasteiger partial charge in [-0.3, -0.25) is 24.7 Å². The van der Waals surface area contributed by atoms with Crippen LogP contribution in [0.2, 0.25) is 0 Å². The van der Waals surface area contributed by atoms with Gasteiger partial charge in [-0.15, -0.1) is 0 Å². The first-order valence-electron chi connectivity index (χ1n) is 17.4. The monoisotopic (exact) mass is 693 g/mol. The number of hydrogen-bond donors (Lipinski definition) is 4. The minimum absolute atomic E-state index is 0.0606. The first kappa shape index (κ1) is 35.8. The molecular weight excluding hydrogens is 651 g/mol. The van der Waals surface area contributed by atoms with Crippen molar-refractivity contribution in [3.63, 3.8) is 0 Å². The second kappa shape index (κ2) is 17.8. The summed E-state index contributed by atoms with van der Waals surface area (Å²) >= 11 is 0. The lowest BCUT2D eigenvalue weighted by molar-refractivity contribution is -0.124. The Kier molecular flexibility index (Phi) is 12.2. The molecule has 52 heavy (non-hydrogen) atoms. The highest BCUT2D eigenvalue weighted by Crippen LogP contribution is 2.24. The normalized spacial score (nSPS) is 11.3. The van der Waals surface area contributed by atoms with E-state index in [1.54, 1.807) is 17.8 Å². The van der Waals surface area contributed by atoms with E-state index in [0.717, 1.165) is 70.8 Å². The van der Waals surface area contributed by atoms with Gasteiger partial charge >= 0.3 is 0 Å². The zero-order valence-electron chi connectivity index (χ0n) is 29.2. The Morgan fingerprint density at radius 3 is 2.35 bits per heavy atom. The third-order valence-electron chi connectivity index (χ3n) is 8.99. The van der Waals surface area contributed by atoms with Crippen molar-refractivity contribution in [3.05, 3.63) is 161 Å². The van der Waals surface area contributed by atoms with Gasteiger partial charge < -0.3 is 15.0 Å². The summed E-state index contributed by atoms with van der Waals surface area (Å²) in [7, 11) is 0. The van der Waals surface area contributed by atoms with Gasteiger partial charge in [0.15, 0.2) is 0 Å². The number of pyridine rings is 1. The van der Waals surface area contributed by atoms with Crippen LogP contribution >= 0.6 is 0 Å². The number of H-pyrrole nitrogens is 1.